The fourth-order valence-corrected chi connectivity index (χ4v) is 4.41. The average Bonchev–Trinajstić information content (AvgIpc) is 2.70. The molecule has 0 aromatic heterocycles. The molecule has 0 unspecified atom stereocenters. The van der Waals surface area contributed by atoms with Crippen LogP contribution in [0.1, 0.15) is 12.0 Å². The number of nitrogens with zero attached hydrogens (tertiary/aromatic N) is 1. The fourth-order valence-electron chi connectivity index (χ4n) is 2.91. The first-order chi connectivity index (χ1) is 13.8. The molecule has 0 bridgehead atoms. The lowest BCUT2D eigenvalue weighted by Gasteiger charge is -2.26. The van der Waals surface area contributed by atoms with E-state index < -0.39 is 38.3 Å². The van der Waals surface area contributed by atoms with Gasteiger partial charge in [0.1, 0.15) is 22.3 Å². The summed E-state index contributed by atoms with van der Waals surface area (Å²) in [6.45, 7) is 0.650. The van der Waals surface area contributed by atoms with Crippen LogP contribution in [0.2, 0.25) is 0 Å². The van der Waals surface area contributed by atoms with Crippen molar-refractivity contribution in [1.82, 2.24) is 4.31 Å². The Morgan fingerprint density at radius 1 is 1.03 bits per heavy atom. The predicted molar refractivity (Wildman–Crippen MR) is 99.3 cm³/mol. The first kappa shape index (κ1) is 21.3. The van der Waals surface area contributed by atoms with Crippen LogP contribution in [0, 0.1) is 17.5 Å². The van der Waals surface area contributed by atoms with E-state index in [-0.39, 0.29) is 50.4 Å². The van der Waals surface area contributed by atoms with E-state index in [4.69, 9.17) is 4.74 Å². The summed E-state index contributed by atoms with van der Waals surface area (Å²) >= 11 is 0. The van der Waals surface area contributed by atoms with Gasteiger partial charge in [0.25, 0.3) is 0 Å². The quantitative estimate of drug-likeness (QED) is 0.768. The number of halogens is 3. The zero-order valence-electron chi connectivity index (χ0n) is 15.3. The van der Waals surface area contributed by atoms with E-state index in [1.54, 1.807) is 0 Å². The monoisotopic (exact) mass is 428 g/mol. The second-order valence-corrected chi connectivity index (χ2v) is 8.35. The molecule has 1 fully saturated rings. The first-order valence-corrected chi connectivity index (χ1v) is 10.3. The molecule has 156 valence electrons. The molecule has 3 rings (SSSR count). The van der Waals surface area contributed by atoms with Gasteiger partial charge in [-0.15, -0.1) is 0 Å². The number of sulfonamides is 1. The lowest BCUT2D eigenvalue weighted by atomic mass is 10.1. The molecule has 29 heavy (non-hydrogen) atoms. The zero-order valence-corrected chi connectivity index (χ0v) is 16.1. The molecule has 2 aromatic carbocycles. The van der Waals surface area contributed by atoms with Gasteiger partial charge in [-0.2, -0.15) is 4.31 Å². The van der Waals surface area contributed by atoms with E-state index in [9.17, 15) is 26.4 Å². The van der Waals surface area contributed by atoms with Crippen molar-refractivity contribution >= 4 is 21.6 Å². The van der Waals surface area contributed by atoms with Crippen LogP contribution in [0.25, 0.3) is 0 Å². The highest BCUT2D eigenvalue weighted by Gasteiger charge is 2.29. The standard InChI is InChI=1S/C19H19F3N2O4S/c20-14-2-4-16(21)13(11-14)1-6-19(25)23-15-3-5-17(22)18(12-15)29(26,27)24-7-9-28-10-8-24/h2-5,11-12H,1,6-10H2,(H,23,25). The van der Waals surface area contributed by atoms with E-state index in [0.717, 1.165) is 34.6 Å². The molecule has 1 aliphatic heterocycles. The van der Waals surface area contributed by atoms with Crippen molar-refractivity contribution in [2.75, 3.05) is 31.6 Å². The maximum absolute atomic E-state index is 14.2. The molecule has 0 radical (unpaired) electrons. The number of carbonyl (C=O) groups is 1. The Kier molecular flexibility index (Phi) is 6.56. The lowest BCUT2D eigenvalue weighted by molar-refractivity contribution is -0.116. The third-order valence-electron chi connectivity index (χ3n) is 4.43. The van der Waals surface area contributed by atoms with Gasteiger partial charge in [0.05, 0.1) is 13.2 Å². The van der Waals surface area contributed by atoms with Gasteiger partial charge in [0.2, 0.25) is 15.9 Å². The Hall–Kier alpha value is -2.43. The van der Waals surface area contributed by atoms with Crippen molar-refractivity contribution < 1.29 is 31.1 Å². The van der Waals surface area contributed by atoms with Crippen LogP contribution >= 0.6 is 0 Å². The highest BCUT2D eigenvalue weighted by atomic mass is 32.2. The molecule has 1 amide bonds. The van der Waals surface area contributed by atoms with E-state index in [1.165, 1.54) is 6.07 Å². The molecule has 6 nitrogen and oxygen atoms in total. The summed E-state index contributed by atoms with van der Waals surface area (Å²) in [4.78, 5) is 11.6. The predicted octanol–water partition coefficient (Wildman–Crippen LogP) is 2.70. The third-order valence-corrected chi connectivity index (χ3v) is 6.35. The number of benzene rings is 2. The van der Waals surface area contributed by atoms with Crippen LogP contribution in [-0.4, -0.2) is 44.9 Å². The van der Waals surface area contributed by atoms with Gasteiger partial charge in [0.15, 0.2) is 0 Å². The Labute approximate surface area is 166 Å². The molecular weight excluding hydrogens is 409 g/mol. The minimum absolute atomic E-state index is 0.0461. The summed E-state index contributed by atoms with van der Waals surface area (Å²) in [6.07, 6.45) is -0.209. The highest BCUT2D eigenvalue weighted by Crippen LogP contribution is 2.24. The summed E-state index contributed by atoms with van der Waals surface area (Å²) in [7, 11) is -4.08. The number of hydrogen-bond donors (Lipinski definition) is 1. The minimum Gasteiger partial charge on any atom is -0.379 e. The number of ether oxygens (including phenoxy) is 1. The van der Waals surface area contributed by atoms with Crippen LogP contribution < -0.4 is 5.32 Å². The van der Waals surface area contributed by atoms with Gasteiger partial charge in [-0.3, -0.25) is 4.79 Å². The van der Waals surface area contributed by atoms with Crippen LogP contribution in [0.3, 0.4) is 0 Å². The molecule has 0 atom stereocenters. The Balaban J connectivity index is 1.70. The lowest BCUT2D eigenvalue weighted by Crippen LogP contribution is -2.40. The van der Waals surface area contributed by atoms with Crippen molar-refractivity contribution in [2.24, 2.45) is 0 Å². The SMILES string of the molecule is O=C(CCc1cc(F)ccc1F)Nc1ccc(F)c(S(=O)(=O)N2CCOCC2)c1. The molecule has 1 N–H and O–H groups in total. The van der Waals surface area contributed by atoms with E-state index >= 15 is 0 Å². The van der Waals surface area contributed by atoms with Gasteiger partial charge in [0, 0.05) is 25.2 Å². The Morgan fingerprint density at radius 3 is 2.45 bits per heavy atom. The summed E-state index contributed by atoms with van der Waals surface area (Å²) in [5.74, 6) is -2.72. The zero-order chi connectivity index (χ0) is 21.0. The van der Waals surface area contributed by atoms with Crippen LogP contribution in [-0.2, 0) is 26.0 Å². The molecule has 0 saturated carbocycles. The van der Waals surface area contributed by atoms with Crippen molar-refractivity contribution in [1.29, 1.82) is 0 Å². The fraction of sp³-hybridized carbons (Fsp3) is 0.316. The molecule has 1 aliphatic rings. The summed E-state index contributed by atoms with van der Waals surface area (Å²) in [5, 5.41) is 2.46. The maximum atomic E-state index is 14.2. The largest absolute Gasteiger partial charge is 0.379 e. The highest BCUT2D eigenvalue weighted by molar-refractivity contribution is 7.89. The van der Waals surface area contributed by atoms with E-state index in [1.807, 2.05) is 0 Å². The van der Waals surface area contributed by atoms with Gasteiger partial charge in [-0.1, -0.05) is 0 Å². The number of amides is 1. The van der Waals surface area contributed by atoms with E-state index in [0.29, 0.717) is 0 Å². The van der Waals surface area contributed by atoms with Crippen LogP contribution in [0.15, 0.2) is 41.3 Å². The van der Waals surface area contributed by atoms with E-state index in [2.05, 4.69) is 5.32 Å². The number of hydrogen-bond acceptors (Lipinski definition) is 4. The van der Waals surface area contributed by atoms with Crippen molar-refractivity contribution in [3.63, 3.8) is 0 Å². The summed E-state index contributed by atoms with van der Waals surface area (Å²) < 4.78 is 72.6. The number of anilines is 1. The second kappa shape index (κ2) is 8.93. The number of rotatable bonds is 6. The third kappa shape index (κ3) is 5.14. The molecule has 0 spiro atoms. The first-order valence-electron chi connectivity index (χ1n) is 8.88. The topological polar surface area (TPSA) is 75.7 Å². The maximum Gasteiger partial charge on any atom is 0.246 e. The van der Waals surface area contributed by atoms with Crippen LogP contribution in [0.4, 0.5) is 18.9 Å². The van der Waals surface area contributed by atoms with Crippen molar-refractivity contribution in [3.8, 4) is 0 Å². The smallest absolute Gasteiger partial charge is 0.246 e. The van der Waals surface area contributed by atoms with Crippen molar-refractivity contribution in [2.45, 2.75) is 17.7 Å². The molecule has 1 saturated heterocycles. The van der Waals surface area contributed by atoms with Gasteiger partial charge in [-0.25, -0.2) is 21.6 Å². The number of aryl methyl sites for hydroxylation is 1. The summed E-state index contributed by atoms with van der Waals surface area (Å²) in [6, 6.07) is 6.19. The van der Waals surface area contributed by atoms with Gasteiger partial charge < -0.3 is 10.1 Å². The average molecular weight is 428 g/mol. The van der Waals surface area contributed by atoms with Crippen molar-refractivity contribution in [3.05, 3.63) is 59.4 Å². The molecule has 2 aromatic rings. The molecule has 1 heterocycles. The number of carbonyl (C=O) groups excluding carboxylic acids is 1. The molecular formula is C19H19F3N2O4S. The second-order valence-electron chi connectivity index (χ2n) is 6.45. The number of nitrogens with one attached hydrogen (secondary N) is 1. The van der Waals surface area contributed by atoms with Gasteiger partial charge >= 0.3 is 0 Å². The minimum atomic E-state index is -4.08. The number of morpholine rings is 1. The molecule has 10 heteroatoms. The summed E-state index contributed by atoms with van der Waals surface area (Å²) in [5.41, 5.74) is 0.137. The molecule has 0 aliphatic carbocycles. The Morgan fingerprint density at radius 2 is 1.72 bits per heavy atom. The van der Waals surface area contributed by atoms with Crippen LogP contribution in [0.5, 0.6) is 0 Å². The normalized spacial score (nSPS) is 15.3. The Bertz CT molecular complexity index is 1010. The van der Waals surface area contributed by atoms with Gasteiger partial charge in [-0.05, 0) is 48.4 Å².